The molecule has 1 heterocycles. The zero-order chi connectivity index (χ0) is 16.1. The predicted octanol–water partition coefficient (Wildman–Crippen LogP) is -0.571. The predicted molar refractivity (Wildman–Crippen MR) is 95.5 cm³/mol. The molecule has 0 amide bonds. The van der Waals surface area contributed by atoms with Crippen LogP contribution in [0.5, 0.6) is 0 Å². The van der Waals surface area contributed by atoms with E-state index in [-0.39, 0.29) is 30.7 Å². The third-order valence-corrected chi connectivity index (χ3v) is 5.40. The average molecular weight is 415 g/mol. The number of halogens is 2. The summed E-state index contributed by atoms with van der Waals surface area (Å²) in [5.74, 6) is 0.227. The summed E-state index contributed by atoms with van der Waals surface area (Å²) in [5, 5.41) is 3.81. The molecule has 4 heteroatoms. The summed E-state index contributed by atoms with van der Waals surface area (Å²) in [6, 6.07) is 23.7. The number of nitrogens with zero attached hydrogens (tertiary/aromatic N) is 1. The van der Waals surface area contributed by atoms with Crippen LogP contribution in [0.4, 0.5) is 0 Å². The van der Waals surface area contributed by atoms with E-state index in [1.54, 1.807) is 0 Å². The van der Waals surface area contributed by atoms with Crippen LogP contribution in [-0.2, 0) is 16.3 Å². The van der Waals surface area contributed by atoms with Crippen molar-refractivity contribution >= 4 is 27.8 Å². The zero-order valence-corrected chi connectivity index (χ0v) is 16.5. The summed E-state index contributed by atoms with van der Waals surface area (Å²) in [4.78, 5) is 4.67. The molecule has 0 saturated heterocycles. The van der Waals surface area contributed by atoms with Crippen molar-refractivity contribution in [3.8, 4) is 0 Å². The molecule has 3 aromatic carbocycles. The zero-order valence-electron chi connectivity index (χ0n) is 13.7. The maximum absolute atomic E-state index is 4.67. The summed E-state index contributed by atoms with van der Waals surface area (Å²) >= 11 is 3.30. The van der Waals surface area contributed by atoms with E-state index in [0.29, 0.717) is 0 Å². The van der Waals surface area contributed by atoms with Crippen molar-refractivity contribution in [1.29, 1.82) is 0 Å². The second-order valence-electron chi connectivity index (χ2n) is 6.19. The monoisotopic (exact) mass is 414 g/mol. The van der Waals surface area contributed by atoms with Crippen LogP contribution in [0.3, 0.4) is 0 Å². The summed E-state index contributed by atoms with van der Waals surface area (Å²) in [5.41, 5.74) is 5.06. The molecule has 127 valence electrons. The van der Waals surface area contributed by atoms with Crippen molar-refractivity contribution in [3.05, 3.63) is 94.1 Å². The molecule has 4 aromatic rings. The molecule has 0 bridgehead atoms. The number of fused-ring (bicyclic) bond motifs is 4. The number of allylic oxidation sites excluding steroid dienone is 1. The SMILES string of the molecule is [Cl-].[Cl-].[Cr+2][C]1=Cc2ccc3ccccc3c2C1c1cccc2cccnc12. The number of benzene rings is 3. The standard InChI is InChI=1S/C22H14N.2ClH.Cr/c1-2-8-18-15(5-1)10-11-16-12-13-19(21(16)18)20-9-3-6-17-7-4-14-23-22(17)20;;;/h1-12,14,19H;2*1H;/q;;;+2/p-2. The van der Waals surface area contributed by atoms with Gasteiger partial charge in [-0.15, -0.1) is 0 Å². The Morgan fingerprint density at radius 3 is 2.42 bits per heavy atom. The quantitative estimate of drug-likeness (QED) is 0.406. The third kappa shape index (κ3) is 2.84. The number of aromatic nitrogens is 1. The molecule has 0 aliphatic heterocycles. The molecule has 0 N–H and O–H groups in total. The normalized spacial score (nSPS) is 15.0. The van der Waals surface area contributed by atoms with E-state index < -0.39 is 0 Å². The van der Waals surface area contributed by atoms with Crippen LogP contribution in [-0.4, -0.2) is 4.98 Å². The minimum atomic E-state index is 0. The number of hydrogen-bond acceptors (Lipinski definition) is 1. The Hall–Kier alpha value is -1.82. The van der Waals surface area contributed by atoms with Gasteiger partial charge >= 0.3 is 149 Å². The Kier molecular flexibility index (Phi) is 5.42. The molecular weight excluding hydrogens is 401 g/mol. The summed E-state index contributed by atoms with van der Waals surface area (Å²) in [6.07, 6.45) is 4.15. The van der Waals surface area contributed by atoms with Crippen molar-refractivity contribution in [3.63, 3.8) is 0 Å². The molecule has 5 rings (SSSR count). The number of hydrogen-bond donors (Lipinski definition) is 0. The van der Waals surface area contributed by atoms with Crippen LogP contribution in [0.25, 0.3) is 27.8 Å². The molecule has 0 fully saturated rings. The first kappa shape index (κ1) is 19.0. The van der Waals surface area contributed by atoms with Crippen molar-refractivity contribution in [2.24, 2.45) is 0 Å². The van der Waals surface area contributed by atoms with E-state index >= 15 is 0 Å². The fourth-order valence-electron chi connectivity index (χ4n) is 3.81. The van der Waals surface area contributed by atoms with Crippen LogP contribution in [0.15, 0.2) is 77.4 Å². The third-order valence-electron chi connectivity index (χ3n) is 4.85. The molecule has 1 aliphatic carbocycles. The molecule has 1 unspecified atom stereocenters. The Bertz CT molecular complexity index is 1130. The molecule has 0 saturated carbocycles. The first-order valence-electron chi connectivity index (χ1n) is 8.07. The van der Waals surface area contributed by atoms with Gasteiger partial charge in [0.05, 0.1) is 0 Å². The molecular formula is C22H14Cl2CrN. The first-order valence-corrected chi connectivity index (χ1v) is 8.70. The van der Waals surface area contributed by atoms with Gasteiger partial charge in [0, 0.05) is 0 Å². The van der Waals surface area contributed by atoms with Crippen molar-refractivity contribution < 1.29 is 41.1 Å². The van der Waals surface area contributed by atoms with Crippen LogP contribution in [0.2, 0.25) is 0 Å². The topological polar surface area (TPSA) is 12.9 Å². The average Bonchev–Trinajstić information content (AvgIpc) is 2.97. The van der Waals surface area contributed by atoms with Gasteiger partial charge in [-0.2, -0.15) is 0 Å². The number of para-hydroxylation sites is 1. The van der Waals surface area contributed by atoms with Gasteiger partial charge in [-0.3, -0.25) is 0 Å². The van der Waals surface area contributed by atoms with E-state index in [2.05, 4.69) is 88.0 Å². The van der Waals surface area contributed by atoms with Gasteiger partial charge in [-0.25, -0.2) is 0 Å². The Balaban J connectivity index is 0.000000980. The molecule has 1 aliphatic rings. The Morgan fingerprint density at radius 1 is 0.769 bits per heavy atom. The minimum absolute atomic E-state index is 0. The summed E-state index contributed by atoms with van der Waals surface area (Å²) in [7, 11) is 0. The van der Waals surface area contributed by atoms with E-state index in [1.807, 2.05) is 12.3 Å². The second-order valence-corrected chi connectivity index (χ2v) is 6.93. The van der Waals surface area contributed by atoms with Gasteiger partial charge in [0.25, 0.3) is 0 Å². The van der Waals surface area contributed by atoms with Gasteiger partial charge < -0.3 is 24.8 Å². The van der Waals surface area contributed by atoms with E-state index in [4.69, 9.17) is 0 Å². The molecule has 0 radical (unpaired) electrons. The van der Waals surface area contributed by atoms with E-state index in [1.165, 1.54) is 37.3 Å². The van der Waals surface area contributed by atoms with Crippen LogP contribution in [0, 0.1) is 0 Å². The van der Waals surface area contributed by atoms with Crippen molar-refractivity contribution in [2.45, 2.75) is 5.92 Å². The van der Waals surface area contributed by atoms with Gasteiger partial charge in [-0.1, -0.05) is 0 Å². The van der Waals surface area contributed by atoms with Gasteiger partial charge in [0.2, 0.25) is 0 Å². The van der Waals surface area contributed by atoms with Crippen LogP contribution in [0.1, 0.15) is 22.6 Å². The summed E-state index contributed by atoms with van der Waals surface area (Å²) in [6.45, 7) is 0. The first-order chi connectivity index (χ1) is 11.8. The molecule has 26 heavy (non-hydrogen) atoms. The molecule has 0 spiro atoms. The number of rotatable bonds is 1. The maximum atomic E-state index is 4.67. The Morgan fingerprint density at radius 2 is 1.54 bits per heavy atom. The number of pyridine rings is 1. The van der Waals surface area contributed by atoms with Crippen LogP contribution < -0.4 is 24.8 Å². The van der Waals surface area contributed by atoms with Gasteiger partial charge in [0.1, 0.15) is 0 Å². The van der Waals surface area contributed by atoms with Crippen LogP contribution >= 0.6 is 0 Å². The van der Waals surface area contributed by atoms with E-state index in [9.17, 15) is 0 Å². The fraction of sp³-hybridized carbons (Fsp3) is 0.0455. The second kappa shape index (κ2) is 7.43. The van der Waals surface area contributed by atoms with Gasteiger partial charge in [0.15, 0.2) is 0 Å². The molecule has 1 atom stereocenters. The van der Waals surface area contributed by atoms with E-state index in [0.717, 1.165) is 5.52 Å². The van der Waals surface area contributed by atoms with Crippen molar-refractivity contribution in [2.75, 3.05) is 0 Å². The van der Waals surface area contributed by atoms with Crippen molar-refractivity contribution in [1.82, 2.24) is 4.98 Å². The fourth-order valence-corrected chi connectivity index (χ4v) is 4.39. The molecule has 1 aromatic heterocycles. The molecule has 1 nitrogen and oxygen atoms in total. The summed E-state index contributed by atoms with van der Waals surface area (Å²) < 4.78 is 1.26. The van der Waals surface area contributed by atoms with Gasteiger partial charge in [-0.05, 0) is 0 Å². The Labute approximate surface area is 173 Å².